The van der Waals surface area contributed by atoms with Gasteiger partial charge in [-0.1, -0.05) is 129 Å². The zero-order valence-electron chi connectivity index (χ0n) is 65.8. The molecule has 0 saturated carbocycles. The van der Waals surface area contributed by atoms with E-state index >= 15 is 43.2 Å². The summed E-state index contributed by atoms with van der Waals surface area (Å²) in [5.41, 5.74) is 1.34. The molecule has 3 fully saturated rings. The van der Waals surface area contributed by atoms with Gasteiger partial charge in [0, 0.05) is 94.4 Å². The summed E-state index contributed by atoms with van der Waals surface area (Å²) in [6, 6.07) is 4.64. The number of likely N-dealkylation sites (N-methyl/N-ethyl adjacent to an activating group) is 6. The van der Waals surface area contributed by atoms with E-state index < -0.39 is 150 Å². The van der Waals surface area contributed by atoms with Crippen LogP contribution in [0, 0.1) is 23.7 Å². The smallest absolute Gasteiger partial charge is 0.248 e. The highest BCUT2D eigenvalue weighted by molar-refractivity contribution is 6.00. The molecule has 0 spiro atoms. The first-order valence-corrected chi connectivity index (χ1v) is 38.0. The topological polar surface area (TPSA) is 312 Å². The molecule has 0 unspecified atom stereocenters. The molecule has 105 heavy (non-hydrogen) atoms. The third-order valence-electron chi connectivity index (χ3n) is 20.5. The fraction of sp³-hybridized carbons (Fsp3) is 0.692. The van der Waals surface area contributed by atoms with Crippen LogP contribution < -0.4 is 21.3 Å². The quantitative estimate of drug-likeness (QED) is 0.126. The van der Waals surface area contributed by atoms with Gasteiger partial charge in [0.15, 0.2) is 0 Å². The maximum Gasteiger partial charge on any atom is 0.248 e. The summed E-state index contributed by atoms with van der Waals surface area (Å²) < 4.78 is 5.61. The highest BCUT2D eigenvalue weighted by Crippen LogP contribution is 2.24. The van der Waals surface area contributed by atoms with Crippen molar-refractivity contribution in [1.82, 2.24) is 65.4 Å². The van der Waals surface area contributed by atoms with E-state index in [1.54, 1.807) is 59.5 Å². The zero-order chi connectivity index (χ0) is 78.1. The Bertz CT molecular complexity index is 3200. The standard InChI is InChI=1S/C78H125N13O14/c1-18-19-34-91-49-67(94)84(13)61(33-37-89-38-40-105-41-39-89)70(96)81-60(75(101)90-35-27-22-28-36-90)48-66(93)83(12)54(10)69(95)79-58(42-50(2)3)73(99)87(16)64(45-53(8)9)76(102)86(15)63(46-56-29-23-20-24-30-56)71(97)80-59(43-51(4)5)74(100)88(17)65(47-57-31-25-21-26-32-57)77(103)85(14)62(44-52(6)7)72(98)82-68(55(11)92)78(91)104/h20-21,23-26,29-32,50-55,58-65,68,92H,18-19,22,27-28,33-49H2,1-17H3,(H,79,95)(H,80,97)(H,81,96)(H,82,98)/t54-,55+,58-,59-,60-,61+,62-,63-,64-,65-,68-/m0/s1. The fourth-order valence-corrected chi connectivity index (χ4v) is 13.8. The molecule has 12 amide bonds. The molecule has 3 aliphatic rings. The van der Waals surface area contributed by atoms with E-state index in [4.69, 9.17) is 4.74 Å². The van der Waals surface area contributed by atoms with E-state index in [0.29, 0.717) is 82.7 Å². The Labute approximate surface area is 623 Å². The van der Waals surface area contributed by atoms with E-state index in [0.717, 1.165) is 11.3 Å². The van der Waals surface area contributed by atoms with Gasteiger partial charge in [0.05, 0.1) is 32.3 Å². The molecular formula is C78H125N13O14. The third kappa shape index (κ3) is 25.9. The van der Waals surface area contributed by atoms with Crippen molar-refractivity contribution in [3.8, 4) is 0 Å². The first-order chi connectivity index (χ1) is 49.6. The number of nitrogens with one attached hydrogen (secondary N) is 4. The van der Waals surface area contributed by atoms with Crippen molar-refractivity contribution < 1.29 is 67.4 Å². The monoisotopic (exact) mass is 1470 g/mol. The number of likely N-dealkylation sites (tertiary alicyclic amines) is 1. The first-order valence-electron chi connectivity index (χ1n) is 38.0. The summed E-state index contributed by atoms with van der Waals surface area (Å²) in [5, 5.41) is 23.1. The highest BCUT2D eigenvalue weighted by Gasteiger charge is 2.44. The number of rotatable bonds is 20. The van der Waals surface area contributed by atoms with Crippen molar-refractivity contribution in [2.24, 2.45) is 23.7 Å². The lowest BCUT2D eigenvalue weighted by atomic mass is 9.96. The van der Waals surface area contributed by atoms with E-state index in [1.165, 1.54) is 85.5 Å². The van der Waals surface area contributed by atoms with Gasteiger partial charge in [-0.05, 0) is 106 Å². The number of unbranched alkanes of at least 4 members (excludes halogenated alkanes) is 1. The molecule has 11 atom stereocenters. The van der Waals surface area contributed by atoms with Gasteiger partial charge in [0.2, 0.25) is 70.9 Å². The normalized spacial score (nSPS) is 25.5. The van der Waals surface area contributed by atoms with Gasteiger partial charge in [-0.2, -0.15) is 0 Å². The Morgan fingerprint density at radius 3 is 1.46 bits per heavy atom. The molecule has 3 aliphatic heterocycles. The number of aliphatic hydroxyl groups is 1. The van der Waals surface area contributed by atoms with Crippen LogP contribution in [0.4, 0.5) is 0 Å². The largest absolute Gasteiger partial charge is 0.391 e. The van der Waals surface area contributed by atoms with Gasteiger partial charge in [0.1, 0.15) is 60.4 Å². The van der Waals surface area contributed by atoms with Crippen molar-refractivity contribution >= 4 is 70.9 Å². The molecule has 586 valence electrons. The summed E-state index contributed by atoms with van der Waals surface area (Å²) in [6.45, 7) is 21.9. The van der Waals surface area contributed by atoms with Crippen molar-refractivity contribution in [3.63, 3.8) is 0 Å². The summed E-state index contributed by atoms with van der Waals surface area (Å²) >= 11 is 0. The number of ether oxygens (including phenoxy) is 1. The zero-order valence-corrected chi connectivity index (χ0v) is 65.8. The van der Waals surface area contributed by atoms with Crippen LogP contribution in [0.3, 0.4) is 0 Å². The minimum atomic E-state index is -1.67. The second-order valence-corrected chi connectivity index (χ2v) is 30.8. The Balaban J connectivity index is 1.72. The lowest BCUT2D eigenvalue weighted by Crippen LogP contribution is -2.62. The van der Waals surface area contributed by atoms with Gasteiger partial charge in [-0.25, -0.2) is 0 Å². The number of nitrogens with zero attached hydrogens (tertiary/aromatic N) is 9. The Kier molecular flexibility index (Phi) is 35.3. The molecule has 2 aromatic rings. The average Bonchev–Trinajstić information content (AvgIpc) is 0.813. The SMILES string of the molecule is CCCCN1CC(=O)N(C)[C@H](CCN2CCOCC2)C(=O)N[C@H](C(=O)N2CCCCC2)CC(=O)N(C)[C@@H](C)C(=O)N[C@@H](CC(C)C)C(=O)N(C)[C@@H](CC(C)C)C(=O)N(C)[C@@H](Cc2ccccc2)C(=O)N[C@@H](CC(C)C)C(=O)N(C)[C@@H](Cc2ccccc2)C(=O)N(C)[C@@H](CC(C)C)C(=O)N[C@@H]([C@@H](C)O)C1=O. The Hall–Kier alpha value is -8.04. The number of carbonyl (C=O) groups is 12. The Morgan fingerprint density at radius 1 is 0.486 bits per heavy atom. The van der Waals surface area contributed by atoms with Gasteiger partial charge < -0.3 is 70.3 Å². The van der Waals surface area contributed by atoms with Gasteiger partial charge >= 0.3 is 0 Å². The molecule has 5 rings (SSSR count). The van der Waals surface area contributed by atoms with Gasteiger partial charge in [-0.3, -0.25) is 62.4 Å². The second-order valence-electron chi connectivity index (χ2n) is 30.8. The Morgan fingerprint density at radius 2 is 0.943 bits per heavy atom. The lowest BCUT2D eigenvalue weighted by Gasteiger charge is -2.38. The fourth-order valence-electron chi connectivity index (χ4n) is 13.8. The van der Waals surface area contributed by atoms with Crippen molar-refractivity contribution in [2.75, 3.05) is 101 Å². The van der Waals surface area contributed by atoms with E-state index in [2.05, 4.69) is 26.2 Å². The average molecular weight is 1470 g/mol. The molecule has 0 aliphatic carbocycles. The van der Waals surface area contributed by atoms with Crippen molar-refractivity contribution in [2.45, 2.75) is 226 Å². The maximum atomic E-state index is 15.6. The minimum absolute atomic E-state index is 0.0161. The summed E-state index contributed by atoms with van der Waals surface area (Å²) in [7, 11) is 8.63. The molecule has 3 heterocycles. The number of hydrogen-bond acceptors (Lipinski definition) is 15. The first kappa shape index (κ1) is 87.6. The van der Waals surface area contributed by atoms with Crippen molar-refractivity contribution in [1.29, 1.82) is 0 Å². The van der Waals surface area contributed by atoms with Gasteiger partial charge in [-0.15, -0.1) is 0 Å². The molecule has 5 N–H and O–H groups in total. The second kappa shape index (κ2) is 42.3. The predicted octanol–water partition coefficient (Wildman–Crippen LogP) is 3.73. The number of hydrogen-bond donors (Lipinski definition) is 5. The summed E-state index contributed by atoms with van der Waals surface area (Å²) in [5.74, 6) is -9.18. The van der Waals surface area contributed by atoms with Crippen LogP contribution in [0.5, 0.6) is 0 Å². The van der Waals surface area contributed by atoms with E-state index in [-0.39, 0.29) is 75.2 Å². The molecule has 27 heteroatoms. The minimum Gasteiger partial charge on any atom is -0.391 e. The third-order valence-corrected chi connectivity index (χ3v) is 20.5. The molecule has 0 radical (unpaired) electrons. The number of carbonyl (C=O) groups excluding carboxylic acids is 12. The van der Waals surface area contributed by atoms with Crippen LogP contribution in [-0.4, -0.2) is 288 Å². The number of piperidine rings is 1. The maximum absolute atomic E-state index is 15.6. The molecular weight excluding hydrogens is 1340 g/mol. The predicted molar refractivity (Wildman–Crippen MR) is 401 cm³/mol. The van der Waals surface area contributed by atoms with Crippen LogP contribution in [-0.2, 0) is 75.1 Å². The molecule has 3 saturated heterocycles. The number of amides is 12. The van der Waals surface area contributed by atoms with E-state index in [9.17, 15) is 19.5 Å². The number of aliphatic hydroxyl groups excluding tert-OH is 1. The van der Waals surface area contributed by atoms with Crippen LogP contribution in [0.2, 0.25) is 0 Å². The lowest BCUT2D eigenvalue weighted by molar-refractivity contribution is -0.151. The van der Waals surface area contributed by atoms with Crippen LogP contribution >= 0.6 is 0 Å². The summed E-state index contributed by atoms with van der Waals surface area (Å²) in [6.07, 6.45) is 1.31. The number of morpholine rings is 1. The molecule has 0 aromatic heterocycles. The molecule has 0 bridgehead atoms. The highest BCUT2D eigenvalue weighted by atomic mass is 16.5. The van der Waals surface area contributed by atoms with Crippen LogP contribution in [0.1, 0.15) is 158 Å². The van der Waals surface area contributed by atoms with Crippen molar-refractivity contribution in [3.05, 3.63) is 71.8 Å². The molecule has 27 nitrogen and oxygen atoms in total. The van der Waals surface area contributed by atoms with E-state index in [1.807, 2.05) is 68.4 Å². The van der Waals surface area contributed by atoms with Crippen LogP contribution in [0.15, 0.2) is 60.7 Å². The summed E-state index contributed by atoms with van der Waals surface area (Å²) in [4.78, 5) is 194. The van der Waals surface area contributed by atoms with Gasteiger partial charge in [0.25, 0.3) is 0 Å². The number of benzene rings is 2. The van der Waals surface area contributed by atoms with Crippen LogP contribution in [0.25, 0.3) is 0 Å². The molecule has 2 aromatic carbocycles.